The number of hydrogen-bond acceptors (Lipinski definition) is 1. The average Bonchev–Trinajstić information content (AvgIpc) is 2.72. The Hall–Kier alpha value is -1.57. The summed E-state index contributed by atoms with van der Waals surface area (Å²) in [5, 5.41) is 1.10. The van der Waals surface area contributed by atoms with Crippen LogP contribution in [-0.2, 0) is 0 Å². The molecule has 0 aliphatic rings. The van der Waals surface area contributed by atoms with Gasteiger partial charge < -0.3 is 4.98 Å². The molecule has 0 saturated heterocycles. The van der Waals surface area contributed by atoms with Crippen molar-refractivity contribution >= 4 is 16.7 Å². The molecule has 0 unspecified atom stereocenters. The van der Waals surface area contributed by atoms with Gasteiger partial charge in [0.2, 0.25) is 0 Å². The summed E-state index contributed by atoms with van der Waals surface area (Å²) in [7, 11) is 0. The first kappa shape index (κ1) is 12.5. The number of nitrogens with one attached hydrogen (secondary N) is 1. The Kier molecular flexibility index (Phi) is 4.77. The summed E-state index contributed by atoms with van der Waals surface area (Å²) >= 11 is 0. The molecule has 1 N–H and O–H groups in total. The highest BCUT2D eigenvalue weighted by Crippen LogP contribution is 2.15. The number of carbonyl (C=O) groups is 1. The number of para-hydroxylation sites is 1. The van der Waals surface area contributed by atoms with Crippen LogP contribution in [0.3, 0.4) is 0 Å². The second-order valence-electron chi connectivity index (χ2n) is 3.75. The van der Waals surface area contributed by atoms with Crippen molar-refractivity contribution in [2.75, 3.05) is 0 Å². The molecule has 2 heteroatoms. The minimum atomic E-state index is 0.163. The maximum Gasteiger partial charge on any atom is 0.178 e. The van der Waals surface area contributed by atoms with Crippen LogP contribution in [0.4, 0.5) is 0 Å². The number of aromatic nitrogens is 1. The van der Waals surface area contributed by atoms with Crippen LogP contribution in [0.2, 0.25) is 0 Å². The number of rotatable bonds is 2. The van der Waals surface area contributed by atoms with E-state index in [-0.39, 0.29) is 5.78 Å². The minimum absolute atomic E-state index is 0.163. The molecule has 86 valence electrons. The van der Waals surface area contributed by atoms with Crippen LogP contribution >= 0.6 is 0 Å². The Morgan fingerprint density at radius 3 is 2.38 bits per heavy atom. The first-order chi connectivity index (χ1) is 7.72. The van der Waals surface area contributed by atoms with E-state index in [1.807, 2.05) is 37.3 Å². The van der Waals surface area contributed by atoms with Crippen molar-refractivity contribution in [3.05, 3.63) is 36.0 Å². The molecular formula is C14H19NO. The number of ketones is 1. The van der Waals surface area contributed by atoms with Crippen LogP contribution < -0.4 is 0 Å². The van der Waals surface area contributed by atoms with E-state index in [0.717, 1.165) is 10.9 Å². The van der Waals surface area contributed by atoms with E-state index in [4.69, 9.17) is 0 Å². The fraction of sp³-hybridized carbons (Fsp3) is 0.357. The Morgan fingerprint density at radius 1 is 1.19 bits per heavy atom. The van der Waals surface area contributed by atoms with E-state index in [0.29, 0.717) is 12.1 Å². The quantitative estimate of drug-likeness (QED) is 0.752. The minimum Gasteiger partial charge on any atom is -0.352 e. The second kappa shape index (κ2) is 6.11. The third-order valence-corrected chi connectivity index (χ3v) is 2.15. The van der Waals surface area contributed by atoms with Gasteiger partial charge in [-0.25, -0.2) is 0 Å². The average molecular weight is 217 g/mol. The summed E-state index contributed by atoms with van der Waals surface area (Å²) in [6.07, 6.45) is 1.80. The predicted octanol–water partition coefficient (Wildman–Crippen LogP) is 4.18. The van der Waals surface area contributed by atoms with Crippen molar-refractivity contribution in [2.45, 2.75) is 33.6 Å². The normalized spacial score (nSPS) is 9.69. The number of benzene rings is 1. The Bertz CT molecular complexity index is 423. The zero-order chi connectivity index (χ0) is 12.0. The van der Waals surface area contributed by atoms with Crippen LogP contribution in [0, 0.1) is 0 Å². The number of hydrogen-bond donors (Lipinski definition) is 1. The van der Waals surface area contributed by atoms with E-state index in [9.17, 15) is 4.79 Å². The van der Waals surface area contributed by atoms with Crippen molar-refractivity contribution in [3.8, 4) is 0 Å². The molecule has 1 heterocycles. The molecule has 0 fully saturated rings. The lowest BCUT2D eigenvalue weighted by molar-refractivity contribution is 0.0984. The SMILES string of the molecule is CCC.CCC(=O)c1cc2ccccc2[nH]1. The van der Waals surface area contributed by atoms with Crippen LogP contribution in [0.1, 0.15) is 44.1 Å². The fourth-order valence-corrected chi connectivity index (χ4v) is 1.41. The zero-order valence-electron chi connectivity index (χ0n) is 10.2. The number of Topliss-reactive ketones (excluding diaryl/α,β-unsaturated/α-hetero) is 1. The number of aromatic amines is 1. The maximum atomic E-state index is 11.4. The van der Waals surface area contributed by atoms with Gasteiger partial charge in [-0.3, -0.25) is 4.79 Å². The Labute approximate surface area is 96.7 Å². The molecule has 0 aliphatic carbocycles. The van der Waals surface area contributed by atoms with E-state index in [2.05, 4.69) is 18.8 Å². The zero-order valence-corrected chi connectivity index (χ0v) is 10.2. The van der Waals surface area contributed by atoms with Gasteiger partial charge in [-0.05, 0) is 12.1 Å². The topological polar surface area (TPSA) is 32.9 Å². The van der Waals surface area contributed by atoms with Crippen LogP contribution in [-0.4, -0.2) is 10.8 Å². The lowest BCUT2D eigenvalue weighted by Crippen LogP contribution is -1.95. The summed E-state index contributed by atoms with van der Waals surface area (Å²) in [6.45, 7) is 6.12. The summed E-state index contributed by atoms with van der Waals surface area (Å²) < 4.78 is 0. The third kappa shape index (κ3) is 2.96. The van der Waals surface area contributed by atoms with Crippen molar-refractivity contribution in [1.82, 2.24) is 4.98 Å². The number of H-pyrrole nitrogens is 1. The number of carbonyl (C=O) groups excluding carboxylic acids is 1. The predicted molar refractivity (Wildman–Crippen MR) is 68.9 cm³/mol. The molecule has 2 rings (SSSR count). The molecule has 0 aliphatic heterocycles. The summed E-state index contributed by atoms with van der Waals surface area (Å²) in [5.74, 6) is 0.163. The van der Waals surface area contributed by atoms with Crippen molar-refractivity contribution < 1.29 is 4.79 Å². The molecule has 16 heavy (non-hydrogen) atoms. The highest BCUT2D eigenvalue weighted by molar-refractivity contribution is 5.99. The van der Waals surface area contributed by atoms with Crippen LogP contribution in [0.15, 0.2) is 30.3 Å². The Balaban J connectivity index is 0.000000386. The summed E-state index contributed by atoms with van der Waals surface area (Å²) in [6, 6.07) is 9.80. The van der Waals surface area contributed by atoms with Crippen LogP contribution in [0.25, 0.3) is 10.9 Å². The monoisotopic (exact) mass is 217 g/mol. The second-order valence-corrected chi connectivity index (χ2v) is 3.75. The van der Waals surface area contributed by atoms with E-state index < -0.39 is 0 Å². The van der Waals surface area contributed by atoms with Crippen molar-refractivity contribution in [2.24, 2.45) is 0 Å². The molecule has 1 aromatic carbocycles. The molecule has 2 nitrogen and oxygen atoms in total. The summed E-state index contributed by atoms with van der Waals surface area (Å²) in [5.41, 5.74) is 1.74. The van der Waals surface area contributed by atoms with Gasteiger partial charge in [-0.2, -0.15) is 0 Å². The smallest absolute Gasteiger partial charge is 0.178 e. The molecular weight excluding hydrogens is 198 g/mol. The molecule has 1 aromatic heterocycles. The van der Waals surface area contributed by atoms with Crippen molar-refractivity contribution in [3.63, 3.8) is 0 Å². The molecule has 0 atom stereocenters. The maximum absolute atomic E-state index is 11.4. The van der Waals surface area contributed by atoms with Crippen LogP contribution in [0.5, 0.6) is 0 Å². The molecule has 0 bridgehead atoms. The van der Waals surface area contributed by atoms with Gasteiger partial charge in [0.1, 0.15) is 0 Å². The van der Waals surface area contributed by atoms with Gasteiger partial charge in [0, 0.05) is 17.3 Å². The lowest BCUT2D eigenvalue weighted by atomic mass is 10.2. The van der Waals surface area contributed by atoms with Gasteiger partial charge in [0.15, 0.2) is 5.78 Å². The van der Waals surface area contributed by atoms with Gasteiger partial charge in [0.25, 0.3) is 0 Å². The molecule has 0 saturated carbocycles. The molecule has 0 spiro atoms. The lowest BCUT2D eigenvalue weighted by Gasteiger charge is -1.89. The van der Waals surface area contributed by atoms with Gasteiger partial charge in [-0.1, -0.05) is 45.4 Å². The first-order valence-corrected chi connectivity index (χ1v) is 5.83. The first-order valence-electron chi connectivity index (χ1n) is 5.83. The highest BCUT2D eigenvalue weighted by atomic mass is 16.1. The third-order valence-electron chi connectivity index (χ3n) is 2.15. The van der Waals surface area contributed by atoms with Gasteiger partial charge >= 0.3 is 0 Å². The molecule has 0 radical (unpaired) electrons. The van der Waals surface area contributed by atoms with E-state index in [1.165, 1.54) is 6.42 Å². The summed E-state index contributed by atoms with van der Waals surface area (Å²) in [4.78, 5) is 14.4. The Morgan fingerprint density at radius 2 is 1.81 bits per heavy atom. The van der Waals surface area contributed by atoms with E-state index in [1.54, 1.807) is 0 Å². The standard InChI is InChI=1S/C11H11NO.C3H8/c1-2-11(13)10-7-8-5-3-4-6-9(8)12-10;1-3-2/h3-7,12H,2H2,1H3;3H2,1-2H3. The number of fused-ring (bicyclic) bond motifs is 1. The highest BCUT2D eigenvalue weighted by Gasteiger charge is 2.05. The molecule has 0 amide bonds. The van der Waals surface area contributed by atoms with Crippen molar-refractivity contribution in [1.29, 1.82) is 0 Å². The fourth-order valence-electron chi connectivity index (χ4n) is 1.41. The van der Waals surface area contributed by atoms with E-state index >= 15 is 0 Å². The largest absolute Gasteiger partial charge is 0.352 e. The van der Waals surface area contributed by atoms with Gasteiger partial charge in [-0.15, -0.1) is 0 Å². The molecule has 2 aromatic rings. The van der Waals surface area contributed by atoms with Gasteiger partial charge in [0.05, 0.1) is 5.69 Å².